The summed E-state index contributed by atoms with van der Waals surface area (Å²) in [6.45, 7) is 4.31. The Balaban J connectivity index is 1.96. The molecule has 0 radical (unpaired) electrons. The number of aromatic nitrogens is 1. The monoisotopic (exact) mass is 272 g/mol. The first-order valence-electron chi connectivity index (χ1n) is 6.45. The lowest BCUT2D eigenvalue weighted by molar-refractivity contribution is 1.22. The number of hydrogen-bond acceptors (Lipinski definition) is 3. The summed E-state index contributed by atoms with van der Waals surface area (Å²) in [5.74, 6) is 3.01. The molecule has 0 saturated heterocycles. The maximum absolute atomic E-state index is 4.33. The van der Waals surface area contributed by atoms with Gasteiger partial charge in [0.2, 0.25) is 0 Å². The predicted molar refractivity (Wildman–Crippen MR) is 84.7 cm³/mol. The minimum absolute atomic E-state index is 0.982. The fourth-order valence-corrected chi connectivity index (χ4v) is 3.17. The third kappa shape index (κ3) is 4.00. The number of hydrogen-bond donors (Lipinski definition) is 1. The molecule has 1 aromatic heterocycles. The molecule has 0 aliphatic carbocycles. The van der Waals surface area contributed by atoms with Gasteiger partial charge in [-0.25, -0.2) is 4.98 Å². The van der Waals surface area contributed by atoms with Gasteiger partial charge in [-0.3, -0.25) is 0 Å². The fraction of sp³-hybridized carbons (Fsp3) is 0.312. The summed E-state index contributed by atoms with van der Waals surface area (Å²) < 4.78 is 0. The van der Waals surface area contributed by atoms with Gasteiger partial charge >= 0.3 is 0 Å². The highest BCUT2D eigenvalue weighted by Gasteiger charge is 2.02. The van der Waals surface area contributed by atoms with E-state index in [1.54, 1.807) is 0 Å². The van der Waals surface area contributed by atoms with E-state index in [2.05, 4.69) is 48.4 Å². The molecule has 0 bridgehead atoms. The molecule has 0 aliphatic heterocycles. The van der Waals surface area contributed by atoms with Crippen LogP contribution in [0.4, 0.5) is 5.82 Å². The van der Waals surface area contributed by atoms with E-state index in [9.17, 15) is 0 Å². The van der Waals surface area contributed by atoms with E-state index in [0.717, 1.165) is 17.3 Å². The SMILES string of the molecule is CNc1ncccc1CSCc1cc(C)cc(C)c1. The average molecular weight is 272 g/mol. The first kappa shape index (κ1) is 13.9. The molecule has 2 aromatic rings. The molecule has 0 spiro atoms. The van der Waals surface area contributed by atoms with Crippen LogP contribution >= 0.6 is 11.8 Å². The molecule has 100 valence electrons. The third-order valence-electron chi connectivity index (χ3n) is 2.94. The molecule has 3 heteroatoms. The van der Waals surface area contributed by atoms with Crippen LogP contribution in [0.15, 0.2) is 36.5 Å². The highest BCUT2D eigenvalue weighted by Crippen LogP contribution is 2.22. The lowest BCUT2D eigenvalue weighted by atomic mass is 10.1. The summed E-state index contributed by atoms with van der Waals surface area (Å²) in [6.07, 6.45) is 1.82. The van der Waals surface area contributed by atoms with E-state index in [0.29, 0.717) is 0 Å². The molecule has 19 heavy (non-hydrogen) atoms. The molecule has 2 rings (SSSR count). The van der Waals surface area contributed by atoms with Crippen molar-refractivity contribution in [2.45, 2.75) is 25.4 Å². The van der Waals surface area contributed by atoms with Crippen LogP contribution in [-0.2, 0) is 11.5 Å². The van der Waals surface area contributed by atoms with E-state index in [1.165, 1.54) is 22.3 Å². The molecule has 0 saturated carbocycles. The second-order valence-corrected chi connectivity index (χ2v) is 5.74. The number of nitrogens with one attached hydrogen (secondary N) is 1. The van der Waals surface area contributed by atoms with E-state index in [-0.39, 0.29) is 0 Å². The summed E-state index contributed by atoms with van der Waals surface area (Å²) in [6, 6.07) is 10.9. The Bertz CT molecular complexity index is 532. The molecular weight excluding hydrogens is 252 g/mol. The summed E-state index contributed by atoms with van der Waals surface area (Å²) in [5, 5.41) is 3.14. The summed E-state index contributed by atoms with van der Waals surface area (Å²) in [7, 11) is 1.92. The highest BCUT2D eigenvalue weighted by molar-refractivity contribution is 7.97. The summed E-state index contributed by atoms with van der Waals surface area (Å²) >= 11 is 1.93. The molecule has 1 N–H and O–H groups in total. The van der Waals surface area contributed by atoms with Crippen molar-refractivity contribution in [3.8, 4) is 0 Å². The first-order chi connectivity index (χ1) is 9.19. The van der Waals surface area contributed by atoms with Crippen LogP contribution in [-0.4, -0.2) is 12.0 Å². The van der Waals surface area contributed by atoms with Crippen molar-refractivity contribution in [1.29, 1.82) is 0 Å². The molecule has 1 aromatic carbocycles. The standard InChI is InChI=1S/C16H20N2S/c1-12-7-13(2)9-14(8-12)10-19-11-15-5-4-6-18-16(15)17-3/h4-9H,10-11H2,1-3H3,(H,17,18). The van der Waals surface area contributed by atoms with Gasteiger partial charge in [0.05, 0.1) is 0 Å². The van der Waals surface area contributed by atoms with Crippen molar-refractivity contribution in [3.05, 3.63) is 58.8 Å². The Labute approximate surface area is 119 Å². The van der Waals surface area contributed by atoms with E-state index in [4.69, 9.17) is 0 Å². The zero-order chi connectivity index (χ0) is 13.7. The maximum atomic E-state index is 4.33. The van der Waals surface area contributed by atoms with Crippen LogP contribution in [0.3, 0.4) is 0 Å². The maximum Gasteiger partial charge on any atom is 0.129 e. The Morgan fingerprint density at radius 3 is 2.53 bits per heavy atom. The lowest BCUT2D eigenvalue weighted by Crippen LogP contribution is -1.97. The van der Waals surface area contributed by atoms with Gasteiger partial charge in [-0.15, -0.1) is 0 Å². The number of pyridine rings is 1. The van der Waals surface area contributed by atoms with Gasteiger partial charge < -0.3 is 5.32 Å². The number of nitrogens with zero attached hydrogens (tertiary/aromatic N) is 1. The summed E-state index contributed by atoms with van der Waals surface area (Å²) in [4.78, 5) is 4.33. The van der Waals surface area contributed by atoms with Crippen molar-refractivity contribution in [2.75, 3.05) is 12.4 Å². The number of benzene rings is 1. The first-order valence-corrected chi connectivity index (χ1v) is 7.61. The molecule has 0 atom stereocenters. The van der Waals surface area contributed by atoms with Crippen molar-refractivity contribution in [2.24, 2.45) is 0 Å². The van der Waals surface area contributed by atoms with Gasteiger partial charge in [0.15, 0.2) is 0 Å². The Hall–Kier alpha value is -1.48. The van der Waals surface area contributed by atoms with Crippen LogP contribution in [0.2, 0.25) is 0 Å². The van der Waals surface area contributed by atoms with Crippen LogP contribution in [0, 0.1) is 13.8 Å². The second-order valence-electron chi connectivity index (χ2n) is 4.75. The number of aryl methyl sites for hydroxylation is 2. The van der Waals surface area contributed by atoms with E-state index in [1.807, 2.05) is 31.1 Å². The van der Waals surface area contributed by atoms with Crippen LogP contribution < -0.4 is 5.32 Å². The average Bonchev–Trinajstić information content (AvgIpc) is 2.38. The van der Waals surface area contributed by atoms with Crippen LogP contribution in [0.1, 0.15) is 22.3 Å². The van der Waals surface area contributed by atoms with Gasteiger partial charge in [0, 0.05) is 30.3 Å². The van der Waals surface area contributed by atoms with Gasteiger partial charge in [0.1, 0.15) is 5.82 Å². The number of thioether (sulfide) groups is 1. The molecule has 1 heterocycles. The Morgan fingerprint density at radius 2 is 1.84 bits per heavy atom. The third-order valence-corrected chi connectivity index (χ3v) is 3.99. The van der Waals surface area contributed by atoms with Crippen molar-refractivity contribution < 1.29 is 0 Å². The van der Waals surface area contributed by atoms with E-state index >= 15 is 0 Å². The van der Waals surface area contributed by atoms with E-state index < -0.39 is 0 Å². The zero-order valence-electron chi connectivity index (χ0n) is 11.7. The van der Waals surface area contributed by atoms with Crippen LogP contribution in [0.25, 0.3) is 0 Å². The van der Waals surface area contributed by atoms with Crippen molar-refractivity contribution in [3.63, 3.8) is 0 Å². The quantitative estimate of drug-likeness (QED) is 0.884. The summed E-state index contributed by atoms with van der Waals surface area (Å²) in [5.41, 5.74) is 5.34. The van der Waals surface area contributed by atoms with Gasteiger partial charge in [-0.1, -0.05) is 35.4 Å². The highest BCUT2D eigenvalue weighted by atomic mass is 32.2. The van der Waals surface area contributed by atoms with Crippen LogP contribution in [0.5, 0.6) is 0 Å². The largest absolute Gasteiger partial charge is 0.373 e. The Kier molecular flexibility index (Phi) is 4.86. The normalized spacial score (nSPS) is 10.5. The minimum atomic E-state index is 0.982. The van der Waals surface area contributed by atoms with Gasteiger partial charge in [-0.05, 0) is 25.5 Å². The molecular formula is C16H20N2S. The minimum Gasteiger partial charge on any atom is -0.373 e. The smallest absolute Gasteiger partial charge is 0.129 e. The molecule has 0 unspecified atom stereocenters. The lowest BCUT2D eigenvalue weighted by Gasteiger charge is -2.08. The molecule has 2 nitrogen and oxygen atoms in total. The van der Waals surface area contributed by atoms with Gasteiger partial charge in [-0.2, -0.15) is 11.8 Å². The zero-order valence-corrected chi connectivity index (χ0v) is 12.6. The van der Waals surface area contributed by atoms with Crippen molar-refractivity contribution >= 4 is 17.6 Å². The molecule has 0 aliphatic rings. The van der Waals surface area contributed by atoms with Gasteiger partial charge in [0.25, 0.3) is 0 Å². The topological polar surface area (TPSA) is 24.9 Å². The predicted octanol–water partition coefficient (Wildman–Crippen LogP) is 4.17. The Morgan fingerprint density at radius 1 is 1.11 bits per heavy atom. The number of anilines is 1. The van der Waals surface area contributed by atoms with Crippen molar-refractivity contribution in [1.82, 2.24) is 4.98 Å². The molecule has 0 amide bonds. The number of rotatable bonds is 5. The molecule has 0 fully saturated rings. The fourth-order valence-electron chi connectivity index (χ4n) is 2.21. The second kappa shape index (κ2) is 6.62.